The molecule has 1 aliphatic heterocycles. The lowest BCUT2D eigenvalue weighted by Crippen LogP contribution is -2.54. The molecular formula is C26H35N3O4. The Bertz CT molecular complexity index is 950. The van der Waals surface area contributed by atoms with E-state index in [2.05, 4.69) is 31.4 Å². The largest absolute Gasteiger partial charge is 0.459 e. The van der Waals surface area contributed by atoms with Crippen LogP contribution < -0.4 is 10.6 Å². The van der Waals surface area contributed by atoms with Gasteiger partial charge in [-0.1, -0.05) is 46.8 Å². The number of furan rings is 1. The molecule has 1 fully saturated rings. The van der Waals surface area contributed by atoms with Crippen LogP contribution in [0.25, 0.3) is 0 Å². The second-order valence-corrected chi connectivity index (χ2v) is 10.1. The van der Waals surface area contributed by atoms with Crippen LogP contribution in [0.15, 0.2) is 47.1 Å². The minimum Gasteiger partial charge on any atom is -0.459 e. The van der Waals surface area contributed by atoms with E-state index in [4.69, 9.17) is 4.42 Å². The van der Waals surface area contributed by atoms with Gasteiger partial charge in [-0.2, -0.15) is 0 Å². The third-order valence-corrected chi connectivity index (χ3v) is 6.11. The molecule has 7 nitrogen and oxygen atoms in total. The average molecular weight is 454 g/mol. The van der Waals surface area contributed by atoms with Gasteiger partial charge in [-0.3, -0.25) is 14.4 Å². The van der Waals surface area contributed by atoms with Crippen LogP contribution in [0.5, 0.6) is 0 Å². The molecule has 0 radical (unpaired) electrons. The van der Waals surface area contributed by atoms with Crippen molar-refractivity contribution in [3.8, 4) is 0 Å². The van der Waals surface area contributed by atoms with Crippen LogP contribution in [-0.2, 0) is 10.2 Å². The Morgan fingerprint density at radius 2 is 1.67 bits per heavy atom. The fraction of sp³-hybridized carbons (Fsp3) is 0.500. The molecule has 2 aromatic rings. The second kappa shape index (κ2) is 10.2. The Morgan fingerprint density at radius 1 is 1.03 bits per heavy atom. The van der Waals surface area contributed by atoms with E-state index < -0.39 is 6.04 Å². The zero-order valence-corrected chi connectivity index (χ0v) is 20.2. The minimum atomic E-state index is -0.637. The summed E-state index contributed by atoms with van der Waals surface area (Å²) in [4.78, 5) is 39.9. The highest BCUT2D eigenvalue weighted by Gasteiger charge is 2.30. The van der Waals surface area contributed by atoms with Gasteiger partial charge in [-0.25, -0.2) is 0 Å². The van der Waals surface area contributed by atoms with Gasteiger partial charge in [0.15, 0.2) is 5.76 Å². The van der Waals surface area contributed by atoms with E-state index in [1.54, 1.807) is 29.2 Å². The molecule has 1 aromatic heterocycles. The fourth-order valence-corrected chi connectivity index (χ4v) is 3.96. The van der Waals surface area contributed by atoms with Gasteiger partial charge in [0.25, 0.3) is 11.8 Å². The molecule has 2 heterocycles. The zero-order chi connectivity index (χ0) is 24.2. The van der Waals surface area contributed by atoms with E-state index in [0.29, 0.717) is 37.3 Å². The van der Waals surface area contributed by atoms with Crippen molar-refractivity contribution in [2.45, 2.75) is 65.0 Å². The molecule has 178 valence electrons. The van der Waals surface area contributed by atoms with Crippen LogP contribution >= 0.6 is 0 Å². The topological polar surface area (TPSA) is 91.7 Å². The number of rotatable bonds is 6. The molecule has 3 rings (SSSR count). The summed E-state index contributed by atoms with van der Waals surface area (Å²) in [7, 11) is 0. The molecule has 2 N–H and O–H groups in total. The lowest BCUT2D eigenvalue weighted by Gasteiger charge is -2.33. The highest BCUT2D eigenvalue weighted by Crippen LogP contribution is 2.22. The number of likely N-dealkylation sites (tertiary alicyclic amines) is 1. The van der Waals surface area contributed by atoms with Crippen molar-refractivity contribution in [1.82, 2.24) is 15.5 Å². The standard InChI is InChI=1S/C26H35N3O4/c1-17(2)22(28-23(30)18-8-10-19(11-9-18)26(3,4)5)24(31)27-20-12-14-29(15-13-20)25(32)21-7-6-16-33-21/h6-11,16-17,20,22H,12-15H2,1-5H3,(H,27,31)(H,28,30). The van der Waals surface area contributed by atoms with Gasteiger partial charge >= 0.3 is 0 Å². The molecule has 0 aliphatic carbocycles. The SMILES string of the molecule is CC(C)C(NC(=O)c1ccc(C(C)(C)C)cc1)C(=O)NC1CCN(C(=O)c2ccco2)CC1. The Kier molecular flexibility index (Phi) is 7.61. The maximum atomic E-state index is 13.0. The molecule has 1 aliphatic rings. The predicted octanol–water partition coefficient (Wildman–Crippen LogP) is 3.75. The lowest BCUT2D eigenvalue weighted by molar-refractivity contribution is -0.124. The van der Waals surface area contributed by atoms with Gasteiger partial charge in [0, 0.05) is 24.7 Å². The summed E-state index contributed by atoms with van der Waals surface area (Å²) in [6.07, 6.45) is 2.80. The van der Waals surface area contributed by atoms with E-state index in [1.165, 1.54) is 6.26 Å². The third-order valence-electron chi connectivity index (χ3n) is 6.11. The van der Waals surface area contributed by atoms with E-state index in [1.807, 2.05) is 26.0 Å². The summed E-state index contributed by atoms with van der Waals surface area (Å²) in [5.41, 5.74) is 1.69. The zero-order valence-electron chi connectivity index (χ0n) is 20.2. The summed E-state index contributed by atoms with van der Waals surface area (Å²) < 4.78 is 5.19. The van der Waals surface area contributed by atoms with E-state index in [0.717, 1.165) is 5.56 Å². The number of amides is 3. The first-order chi connectivity index (χ1) is 15.6. The molecule has 33 heavy (non-hydrogen) atoms. The number of nitrogens with zero attached hydrogens (tertiary/aromatic N) is 1. The van der Waals surface area contributed by atoms with Crippen molar-refractivity contribution in [3.05, 3.63) is 59.5 Å². The molecule has 3 amide bonds. The van der Waals surface area contributed by atoms with Crippen molar-refractivity contribution >= 4 is 17.7 Å². The predicted molar refractivity (Wildman–Crippen MR) is 127 cm³/mol. The average Bonchev–Trinajstić information content (AvgIpc) is 3.31. The van der Waals surface area contributed by atoms with Crippen LogP contribution in [0.1, 0.15) is 73.9 Å². The summed E-state index contributed by atoms with van der Waals surface area (Å²) >= 11 is 0. The van der Waals surface area contributed by atoms with Crippen LogP contribution in [0.2, 0.25) is 0 Å². The van der Waals surface area contributed by atoms with Crippen LogP contribution in [-0.4, -0.2) is 47.8 Å². The lowest BCUT2D eigenvalue weighted by atomic mass is 9.86. The summed E-state index contributed by atoms with van der Waals surface area (Å²) in [6.45, 7) is 11.3. The van der Waals surface area contributed by atoms with E-state index in [-0.39, 0.29) is 35.1 Å². The van der Waals surface area contributed by atoms with Gasteiger partial charge in [-0.15, -0.1) is 0 Å². The fourth-order valence-electron chi connectivity index (χ4n) is 3.96. The first-order valence-electron chi connectivity index (χ1n) is 11.6. The quantitative estimate of drug-likeness (QED) is 0.697. The van der Waals surface area contributed by atoms with Crippen LogP contribution in [0.4, 0.5) is 0 Å². The molecule has 0 bridgehead atoms. The Labute approximate surface area is 195 Å². The summed E-state index contributed by atoms with van der Waals surface area (Å²) in [6, 6.07) is 10.2. The Hall–Kier alpha value is -3.09. The normalized spacial score (nSPS) is 15.9. The highest BCUT2D eigenvalue weighted by molar-refractivity contribution is 5.97. The van der Waals surface area contributed by atoms with Gasteiger partial charge in [-0.05, 0) is 54.0 Å². The van der Waals surface area contributed by atoms with Gasteiger partial charge in [0.1, 0.15) is 6.04 Å². The smallest absolute Gasteiger partial charge is 0.289 e. The van der Waals surface area contributed by atoms with Gasteiger partial charge in [0.05, 0.1) is 6.26 Å². The van der Waals surface area contributed by atoms with Gasteiger partial charge < -0.3 is 20.0 Å². The number of carbonyl (C=O) groups is 3. The number of hydrogen-bond acceptors (Lipinski definition) is 4. The molecule has 0 spiro atoms. The molecule has 7 heteroatoms. The van der Waals surface area contributed by atoms with Crippen molar-refractivity contribution in [2.75, 3.05) is 13.1 Å². The monoisotopic (exact) mass is 453 g/mol. The van der Waals surface area contributed by atoms with Crippen molar-refractivity contribution in [2.24, 2.45) is 5.92 Å². The number of nitrogens with one attached hydrogen (secondary N) is 2. The van der Waals surface area contributed by atoms with Crippen LogP contribution in [0.3, 0.4) is 0 Å². The molecule has 0 saturated carbocycles. The maximum absolute atomic E-state index is 13.0. The van der Waals surface area contributed by atoms with Crippen molar-refractivity contribution in [3.63, 3.8) is 0 Å². The summed E-state index contributed by atoms with van der Waals surface area (Å²) in [5.74, 6) is -0.322. The maximum Gasteiger partial charge on any atom is 0.289 e. The number of benzene rings is 1. The third kappa shape index (κ3) is 6.24. The first kappa shape index (κ1) is 24.6. The molecule has 1 atom stereocenters. The van der Waals surface area contributed by atoms with Crippen molar-refractivity contribution in [1.29, 1.82) is 0 Å². The Balaban J connectivity index is 1.55. The molecule has 1 unspecified atom stereocenters. The van der Waals surface area contributed by atoms with Crippen LogP contribution in [0, 0.1) is 5.92 Å². The molecule has 1 aromatic carbocycles. The highest BCUT2D eigenvalue weighted by atomic mass is 16.3. The van der Waals surface area contributed by atoms with Crippen molar-refractivity contribution < 1.29 is 18.8 Å². The van der Waals surface area contributed by atoms with Gasteiger partial charge in [0.2, 0.25) is 5.91 Å². The number of hydrogen-bond donors (Lipinski definition) is 2. The molecular weight excluding hydrogens is 418 g/mol. The molecule has 1 saturated heterocycles. The minimum absolute atomic E-state index is 0.00745. The Morgan fingerprint density at radius 3 is 2.18 bits per heavy atom. The summed E-state index contributed by atoms with van der Waals surface area (Å²) in [5, 5.41) is 5.96. The number of carbonyl (C=O) groups excluding carboxylic acids is 3. The van der Waals surface area contributed by atoms with E-state index in [9.17, 15) is 14.4 Å². The second-order valence-electron chi connectivity index (χ2n) is 10.1. The number of piperidine rings is 1. The first-order valence-corrected chi connectivity index (χ1v) is 11.6. The van der Waals surface area contributed by atoms with E-state index >= 15 is 0 Å².